The van der Waals surface area contributed by atoms with Crippen LogP contribution in [0, 0.1) is 25.7 Å². The number of carbonyl (C=O) groups is 3. The summed E-state index contributed by atoms with van der Waals surface area (Å²) in [5, 5.41) is 3.00. The lowest BCUT2D eigenvalue weighted by Crippen LogP contribution is -2.44. The molecule has 2 aromatic rings. The molecule has 32 heavy (non-hydrogen) atoms. The maximum Gasteiger partial charge on any atom is 0.228 e. The van der Waals surface area contributed by atoms with Gasteiger partial charge in [0.25, 0.3) is 0 Å². The molecule has 1 N–H and O–H groups in total. The number of likely N-dealkylation sites (tertiary alicyclic amines) is 1. The summed E-state index contributed by atoms with van der Waals surface area (Å²) in [6.07, 6.45) is 1.51. The molecular formula is C25H28BrN3O3. The third-order valence-electron chi connectivity index (χ3n) is 6.42. The van der Waals surface area contributed by atoms with Crippen molar-refractivity contribution in [2.45, 2.75) is 33.1 Å². The van der Waals surface area contributed by atoms with Crippen LogP contribution < -0.4 is 10.2 Å². The van der Waals surface area contributed by atoms with E-state index in [-0.39, 0.29) is 36.0 Å². The van der Waals surface area contributed by atoms with Crippen LogP contribution in [0.25, 0.3) is 0 Å². The Labute approximate surface area is 197 Å². The normalized spacial score (nSPS) is 19.3. The Bertz CT molecular complexity index is 1030. The van der Waals surface area contributed by atoms with E-state index in [4.69, 9.17) is 0 Å². The number of nitrogens with zero attached hydrogens (tertiary/aromatic N) is 2. The second-order valence-corrected chi connectivity index (χ2v) is 9.65. The van der Waals surface area contributed by atoms with Crippen molar-refractivity contribution in [2.75, 3.05) is 29.9 Å². The van der Waals surface area contributed by atoms with Gasteiger partial charge in [0, 0.05) is 47.8 Å². The molecule has 0 spiro atoms. The highest BCUT2D eigenvalue weighted by Gasteiger charge is 2.38. The summed E-state index contributed by atoms with van der Waals surface area (Å²) in [5.41, 5.74) is 3.83. The van der Waals surface area contributed by atoms with Crippen LogP contribution in [0.5, 0.6) is 0 Å². The fourth-order valence-corrected chi connectivity index (χ4v) is 4.68. The molecule has 2 heterocycles. The minimum absolute atomic E-state index is 0.000381. The second-order valence-electron chi connectivity index (χ2n) is 8.79. The molecule has 0 saturated carbocycles. The minimum atomic E-state index is -0.320. The summed E-state index contributed by atoms with van der Waals surface area (Å²) in [6, 6.07) is 13.6. The molecule has 2 fully saturated rings. The number of benzene rings is 2. The number of amides is 3. The van der Waals surface area contributed by atoms with E-state index in [1.54, 1.807) is 4.90 Å². The molecular weight excluding hydrogens is 470 g/mol. The van der Waals surface area contributed by atoms with Crippen LogP contribution in [0.3, 0.4) is 0 Å². The first-order valence-corrected chi connectivity index (χ1v) is 11.8. The maximum atomic E-state index is 13.1. The number of aryl methyl sites for hydroxylation is 2. The van der Waals surface area contributed by atoms with Crippen molar-refractivity contribution in [3.8, 4) is 0 Å². The van der Waals surface area contributed by atoms with Gasteiger partial charge in [-0.05, 0) is 62.6 Å². The molecule has 0 bridgehead atoms. The molecule has 6 nitrogen and oxygen atoms in total. The molecule has 2 saturated heterocycles. The van der Waals surface area contributed by atoms with Crippen LogP contribution in [-0.2, 0) is 14.4 Å². The van der Waals surface area contributed by atoms with E-state index in [0.29, 0.717) is 32.5 Å². The number of hydrogen-bond acceptors (Lipinski definition) is 3. The fourth-order valence-electron chi connectivity index (χ4n) is 4.43. The van der Waals surface area contributed by atoms with Gasteiger partial charge in [-0.25, -0.2) is 0 Å². The van der Waals surface area contributed by atoms with Crippen LogP contribution >= 0.6 is 15.9 Å². The summed E-state index contributed by atoms with van der Waals surface area (Å²) < 4.78 is 1.01. The first-order chi connectivity index (χ1) is 15.3. The summed E-state index contributed by atoms with van der Waals surface area (Å²) in [7, 11) is 0. The van der Waals surface area contributed by atoms with Gasteiger partial charge in [0.05, 0.1) is 5.92 Å². The van der Waals surface area contributed by atoms with Crippen molar-refractivity contribution in [1.82, 2.24) is 4.90 Å². The Kier molecular flexibility index (Phi) is 6.65. The zero-order valence-electron chi connectivity index (χ0n) is 18.4. The average molecular weight is 498 g/mol. The largest absolute Gasteiger partial charge is 0.342 e. The Morgan fingerprint density at radius 3 is 2.34 bits per heavy atom. The number of rotatable bonds is 4. The molecule has 0 radical (unpaired) electrons. The summed E-state index contributed by atoms with van der Waals surface area (Å²) in [6.45, 7) is 5.50. The molecule has 3 amide bonds. The van der Waals surface area contributed by atoms with E-state index >= 15 is 0 Å². The predicted octanol–water partition coefficient (Wildman–Crippen LogP) is 4.30. The van der Waals surface area contributed by atoms with Crippen molar-refractivity contribution in [3.05, 3.63) is 58.1 Å². The second kappa shape index (κ2) is 9.45. The summed E-state index contributed by atoms with van der Waals surface area (Å²) >= 11 is 3.47. The van der Waals surface area contributed by atoms with Gasteiger partial charge in [-0.3, -0.25) is 14.4 Å². The van der Waals surface area contributed by atoms with E-state index in [9.17, 15) is 14.4 Å². The molecule has 4 rings (SSSR count). The average Bonchev–Trinajstić information content (AvgIpc) is 3.18. The van der Waals surface area contributed by atoms with Crippen LogP contribution in [0.1, 0.15) is 30.4 Å². The summed E-state index contributed by atoms with van der Waals surface area (Å²) in [5.74, 6) is -0.417. The fraction of sp³-hybridized carbons (Fsp3) is 0.400. The van der Waals surface area contributed by atoms with Gasteiger partial charge in [-0.1, -0.05) is 33.6 Å². The molecule has 2 aliphatic heterocycles. The van der Waals surface area contributed by atoms with Gasteiger partial charge < -0.3 is 15.1 Å². The number of nitrogens with one attached hydrogen (secondary N) is 1. The van der Waals surface area contributed by atoms with Crippen molar-refractivity contribution in [2.24, 2.45) is 11.8 Å². The highest BCUT2D eigenvalue weighted by Crippen LogP contribution is 2.29. The molecule has 0 aliphatic carbocycles. The number of anilines is 2. The van der Waals surface area contributed by atoms with Gasteiger partial charge in [-0.15, -0.1) is 0 Å². The molecule has 1 unspecified atom stereocenters. The van der Waals surface area contributed by atoms with Crippen LogP contribution in [-0.4, -0.2) is 42.3 Å². The third-order valence-corrected chi connectivity index (χ3v) is 7.31. The van der Waals surface area contributed by atoms with Crippen molar-refractivity contribution in [3.63, 3.8) is 0 Å². The monoisotopic (exact) mass is 497 g/mol. The van der Waals surface area contributed by atoms with Crippen molar-refractivity contribution >= 4 is 45.0 Å². The molecule has 1 atom stereocenters. The lowest BCUT2D eigenvalue weighted by molar-refractivity contribution is -0.138. The van der Waals surface area contributed by atoms with Gasteiger partial charge >= 0.3 is 0 Å². The SMILES string of the molecule is Cc1ccc(N2CC(C(=O)N3CCC(C(=O)Nc4ccc(Br)c(C)c4)CC3)CC2=O)cc1. The van der Waals surface area contributed by atoms with E-state index in [1.807, 2.05) is 61.2 Å². The zero-order chi connectivity index (χ0) is 22.8. The first-order valence-electron chi connectivity index (χ1n) is 11.0. The van der Waals surface area contributed by atoms with Crippen molar-refractivity contribution in [1.29, 1.82) is 0 Å². The zero-order valence-corrected chi connectivity index (χ0v) is 20.0. The molecule has 7 heteroatoms. The van der Waals surface area contributed by atoms with E-state index < -0.39 is 0 Å². The van der Waals surface area contributed by atoms with Gasteiger partial charge in [0.15, 0.2) is 0 Å². The van der Waals surface area contributed by atoms with Crippen LogP contribution in [0.15, 0.2) is 46.9 Å². The number of piperidine rings is 1. The van der Waals surface area contributed by atoms with Crippen LogP contribution in [0.4, 0.5) is 11.4 Å². The number of hydrogen-bond donors (Lipinski definition) is 1. The highest BCUT2D eigenvalue weighted by atomic mass is 79.9. The molecule has 0 aromatic heterocycles. The van der Waals surface area contributed by atoms with E-state index in [2.05, 4.69) is 21.2 Å². The van der Waals surface area contributed by atoms with Gasteiger partial charge in [-0.2, -0.15) is 0 Å². The topological polar surface area (TPSA) is 69.7 Å². The Morgan fingerprint density at radius 2 is 1.69 bits per heavy atom. The van der Waals surface area contributed by atoms with Gasteiger partial charge in [0.2, 0.25) is 17.7 Å². The van der Waals surface area contributed by atoms with E-state index in [1.165, 1.54) is 0 Å². The Hall–Kier alpha value is -2.67. The minimum Gasteiger partial charge on any atom is -0.342 e. The van der Waals surface area contributed by atoms with Gasteiger partial charge in [0.1, 0.15) is 0 Å². The summed E-state index contributed by atoms with van der Waals surface area (Å²) in [4.78, 5) is 41.8. The predicted molar refractivity (Wildman–Crippen MR) is 128 cm³/mol. The lowest BCUT2D eigenvalue weighted by Gasteiger charge is -2.33. The molecule has 2 aliphatic rings. The quantitative estimate of drug-likeness (QED) is 0.684. The lowest BCUT2D eigenvalue weighted by atomic mass is 9.94. The van der Waals surface area contributed by atoms with Crippen LogP contribution in [0.2, 0.25) is 0 Å². The third kappa shape index (κ3) is 4.88. The Balaban J connectivity index is 1.30. The molecule has 2 aromatic carbocycles. The smallest absolute Gasteiger partial charge is 0.228 e. The molecule has 168 valence electrons. The Morgan fingerprint density at radius 1 is 1.00 bits per heavy atom. The standard InChI is InChI=1S/C25H28BrN3O3/c1-16-3-6-21(7-4-16)29-15-19(14-23(29)30)25(32)28-11-9-18(10-12-28)24(31)27-20-5-8-22(26)17(2)13-20/h3-8,13,18-19H,9-12,14-15H2,1-2H3,(H,27,31). The first kappa shape index (κ1) is 22.5. The highest BCUT2D eigenvalue weighted by molar-refractivity contribution is 9.10. The number of halogens is 1. The number of carbonyl (C=O) groups excluding carboxylic acids is 3. The van der Waals surface area contributed by atoms with Crippen molar-refractivity contribution < 1.29 is 14.4 Å². The van der Waals surface area contributed by atoms with E-state index in [0.717, 1.165) is 27.0 Å². The maximum absolute atomic E-state index is 13.1.